The summed E-state index contributed by atoms with van der Waals surface area (Å²) in [7, 11) is 1.32. The van der Waals surface area contributed by atoms with E-state index in [0.29, 0.717) is 6.42 Å². The Morgan fingerprint density at radius 3 is 2.78 bits per heavy atom. The number of carbonyl (C=O) groups excluding carboxylic acids is 2. The standard InChI is InChI=1S/C14H13NO3/c1-3-6-13(16)15-11-8-5-4-7-10(11)9-12(15)14(17)18-2/h4-5,7-8,12H,9H2,1-2H3. The van der Waals surface area contributed by atoms with Crippen LogP contribution < -0.4 is 4.90 Å². The molecule has 0 radical (unpaired) electrons. The number of amides is 1. The number of nitrogens with zero attached hydrogens (tertiary/aromatic N) is 1. The highest BCUT2D eigenvalue weighted by atomic mass is 16.5. The van der Waals surface area contributed by atoms with E-state index in [2.05, 4.69) is 11.8 Å². The maximum atomic E-state index is 12.0. The SMILES string of the molecule is CC#CC(=O)N1c2ccccc2CC1C(=O)OC. The summed E-state index contributed by atoms with van der Waals surface area (Å²) in [5.41, 5.74) is 1.69. The first-order chi connectivity index (χ1) is 8.69. The lowest BCUT2D eigenvalue weighted by Crippen LogP contribution is -2.42. The van der Waals surface area contributed by atoms with Crippen LogP contribution in [0.1, 0.15) is 12.5 Å². The van der Waals surface area contributed by atoms with Gasteiger partial charge in [-0.15, -0.1) is 0 Å². The summed E-state index contributed by atoms with van der Waals surface area (Å²) in [6.07, 6.45) is 0.472. The highest BCUT2D eigenvalue weighted by molar-refractivity contribution is 6.10. The van der Waals surface area contributed by atoms with E-state index in [1.54, 1.807) is 6.92 Å². The molecule has 0 aliphatic carbocycles. The van der Waals surface area contributed by atoms with Gasteiger partial charge in [-0.3, -0.25) is 9.69 Å². The fraction of sp³-hybridized carbons (Fsp3) is 0.286. The monoisotopic (exact) mass is 243 g/mol. The molecule has 0 saturated carbocycles. The van der Waals surface area contributed by atoms with Crippen molar-refractivity contribution < 1.29 is 14.3 Å². The zero-order valence-electron chi connectivity index (χ0n) is 10.3. The lowest BCUT2D eigenvalue weighted by Gasteiger charge is -2.21. The van der Waals surface area contributed by atoms with Gasteiger partial charge in [0.25, 0.3) is 0 Å². The Morgan fingerprint density at radius 1 is 1.39 bits per heavy atom. The molecule has 1 aliphatic rings. The summed E-state index contributed by atoms with van der Waals surface area (Å²) in [6, 6.07) is 6.82. The number of hydrogen-bond donors (Lipinski definition) is 0. The van der Waals surface area contributed by atoms with Crippen molar-refractivity contribution in [3.05, 3.63) is 29.8 Å². The predicted molar refractivity (Wildman–Crippen MR) is 66.9 cm³/mol. The van der Waals surface area contributed by atoms with Crippen LogP contribution in [0.2, 0.25) is 0 Å². The fourth-order valence-corrected chi connectivity index (χ4v) is 2.13. The van der Waals surface area contributed by atoms with Crippen molar-refractivity contribution in [2.75, 3.05) is 12.0 Å². The number of benzene rings is 1. The Bertz CT molecular complexity index is 554. The molecule has 0 fully saturated rings. The van der Waals surface area contributed by atoms with E-state index in [0.717, 1.165) is 11.3 Å². The zero-order chi connectivity index (χ0) is 13.1. The average molecular weight is 243 g/mol. The molecule has 0 aromatic heterocycles. The lowest BCUT2D eigenvalue weighted by molar-refractivity contribution is -0.142. The second-order valence-electron chi connectivity index (χ2n) is 3.92. The molecular formula is C14H13NO3. The maximum absolute atomic E-state index is 12.0. The van der Waals surface area contributed by atoms with Crippen molar-refractivity contribution in [2.24, 2.45) is 0 Å². The highest BCUT2D eigenvalue weighted by Crippen LogP contribution is 2.32. The topological polar surface area (TPSA) is 46.6 Å². The molecule has 0 bridgehead atoms. The molecule has 1 unspecified atom stereocenters. The summed E-state index contributed by atoms with van der Waals surface area (Å²) in [5, 5.41) is 0. The van der Waals surface area contributed by atoms with Gasteiger partial charge in [-0.2, -0.15) is 0 Å². The normalized spacial score (nSPS) is 16.6. The van der Waals surface area contributed by atoms with Gasteiger partial charge in [-0.05, 0) is 24.5 Å². The third-order valence-electron chi connectivity index (χ3n) is 2.90. The minimum atomic E-state index is -0.610. The summed E-state index contributed by atoms with van der Waals surface area (Å²) in [6.45, 7) is 1.59. The number of rotatable bonds is 1. The molecule has 1 aliphatic heterocycles. The van der Waals surface area contributed by atoms with Gasteiger partial charge in [-0.1, -0.05) is 24.1 Å². The smallest absolute Gasteiger partial charge is 0.329 e. The summed E-state index contributed by atoms with van der Waals surface area (Å²) in [4.78, 5) is 25.1. The Hall–Kier alpha value is -2.28. The van der Waals surface area contributed by atoms with Gasteiger partial charge in [0.2, 0.25) is 0 Å². The zero-order valence-corrected chi connectivity index (χ0v) is 10.3. The van der Waals surface area contributed by atoms with E-state index in [4.69, 9.17) is 4.74 Å². The van der Waals surface area contributed by atoms with Crippen LogP contribution in [0.3, 0.4) is 0 Å². The molecule has 1 amide bonds. The number of anilines is 1. The Labute approximate surface area is 106 Å². The largest absolute Gasteiger partial charge is 0.467 e. The first-order valence-corrected chi connectivity index (χ1v) is 5.60. The average Bonchev–Trinajstić information content (AvgIpc) is 2.77. The second kappa shape index (κ2) is 4.92. The predicted octanol–water partition coefficient (Wildman–Crippen LogP) is 1.14. The molecule has 92 valence electrons. The van der Waals surface area contributed by atoms with Gasteiger partial charge in [0.1, 0.15) is 6.04 Å². The van der Waals surface area contributed by atoms with Gasteiger partial charge in [-0.25, -0.2) is 4.79 Å². The van der Waals surface area contributed by atoms with E-state index in [9.17, 15) is 9.59 Å². The molecule has 1 aromatic rings. The van der Waals surface area contributed by atoms with Crippen molar-refractivity contribution in [3.63, 3.8) is 0 Å². The minimum absolute atomic E-state index is 0.377. The van der Waals surface area contributed by atoms with E-state index < -0.39 is 12.0 Å². The van der Waals surface area contributed by atoms with Crippen molar-refractivity contribution >= 4 is 17.6 Å². The van der Waals surface area contributed by atoms with Crippen molar-refractivity contribution in [2.45, 2.75) is 19.4 Å². The number of hydrogen-bond acceptors (Lipinski definition) is 3. The quantitative estimate of drug-likeness (QED) is 0.549. The molecule has 0 spiro atoms. The second-order valence-corrected chi connectivity index (χ2v) is 3.92. The van der Waals surface area contributed by atoms with E-state index in [-0.39, 0.29) is 5.91 Å². The Kier molecular flexibility index (Phi) is 3.33. The molecular weight excluding hydrogens is 230 g/mol. The third-order valence-corrected chi connectivity index (χ3v) is 2.90. The molecule has 1 aromatic carbocycles. The molecule has 1 heterocycles. The number of methoxy groups -OCH3 is 1. The lowest BCUT2D eigenvalue weighted by atomic mass is 10.1. The summed E-state index contributed by atoms with van der Waals surface area (Å²) in [5.74, 6) is 4.23. The minimum Gasteiger partial charge on any atom is -0.467 e. The molecule has 2 rings (SSSR count). The molecule has 0 saturated heterocycles. The maximum Gasteiger partial charge on any atom is 0.329 e. The van der Waals surface area contributed by atoms with Crippen LogP contribution in [0.4, 0.5) is 5.69 Å². The van der Waals surface area contributed by atoms with Crippen LogP contribution in [-0.4, -0.2) is 25.0 Å². The van der Waals surface area contributed by atoms with Crippen molar-refractivity contribution in [3.8, 4) is 11.8 Å². The van der Waals surface area contributed by atoms with Crippen LogP contribution in [0.25, 0.3) is 0 Å². The van der Waals surface area contributed by atoms with Gasteiger partial charge in [0.05, 0.1) is 7.11 Å². The van der Waals surface area contributed by atoms with Crippen LogP contribution in [-0.2, 0) is 20.7 Å². The summed E-state index contributed by atoms with van der Waals surface area (Å²) >= 11 is 0. The number of para-hydroxylation sites is 1. The molecule has 4 heteroatoms. The van der Waals surface area contributed by atoms with Crippen LogP contribution in [0.15, 0.2) is 24.3 Å². The third kappa shape index (κ3) is 1.95. The van der Waals surface area contributed by atoms with E-state index in [1.807, 2.05) is 24.3 Å². The van der Waals surface area contributed by atoms with Gasteiger partial charge in [0.15, 0.2) is 0 Å². The van der Waals surface area contributed by atoms with Crippen molar-refractivity contribution in [1.82, 2.24) is 0 Å². The summed E-state index contributed by atoms with van der Waals surface area (Å²) < 4.78 is 4.74. The Balaban J connectivity index is 2.43. The molecule has 1 atom stereocenters. The van der Waals surface area contributed by atoms with Crippen LogP contribution in [0, 0.1) is 11.8 Å². The van der Waals surface area contributed by atoms with E-state index >= 15 is 0 Å². The Morgan fingerprint density at radius 2 is 2.11 bits per heavy atom. The number of fused-ring (bicyclic) bond motifs is 1. The molecule has 18 heavy (non-hydrogen) atoms. The van der Waals surface area contributed by atoms with Gasteiger partial charge in [0, 0.05) is 12.1 Å². The molecule has 0 N–H and O–H groups in total. The fourth-order valence-electron chi connectivity index (χ4n) is 2.13. The number of carbonyl (C=O) groups is 2. The first-order valence-electron chi connectivity index (χ1n) is 5.60. The number of esters is 1. The van der Waals surface area contributed by atoms with Crippen LogP contribution >= 0.6 is 0 Å². The number of ether oxygens (including phenoxy) is 1. The van der Waals surface area contributed by atoms with Crippen LogP contribution in [0.5, 0.6) is 0 Å². The van der Waals surface area contributed by atoms with E-state index in [1.165, 1.54) is 12.0 Å². The van der Waals surface area contributed by atoms with Gasteiger partial charge < -0.3 is 4.74 Å². The molecule has 4 nitrogen and oxygen atoms in total. The van der Waals surface area contributed by atoms with Crippen molar-refractivity contribution in [1.29, 1.82) is 0 Å². The van der Waals surface area contributed by atoms with Gasteiger partial charge >= 0.3 is 11.9 Å². The highest BCUT2D eigenvalue weighted by Gasteiger charge is 2.38. The first kappa shape index (κ1) is 12.2.